The molecular formula is C22H20FN3O3. The summed E-state index contributed by atoms with van der Waals surface area (Å²) < 4.78 is 14.4. The number of pyridine rings is 1. The van der Waals surface area contributed by atoms with Gasteiger partial charge in [0, 0.05) is 12.6 Å². The largest absolute Gasteiger partial charge is 0.310 e. The summed E-state index contributed by atoms with van der Waals surface area (Å²) in [5.74, 6) is -1.42. The number of nitrogens with one attached hydrogen (secondary N) is 2. The Kier molecular flexibility index (Phi) is 6.52. The number of aromatic nitrogens is 1. The van der Waals surface area contributed by atoms with Gasteiger partial charge in [-0.2, -0.15) is 0 Å². The van der Waals surface area contributed by atoms with Gasteiger partial charge in [0.05, 0.1) is 6.54 Å². The first kappa shape index (κ1) is 20.0. The fourth-order valence-corrected chi connectivity index (χ4v) is 2.78. The zero-order valence-corrected chi connectivity index (χ0v) is 15.6. The predicted molar refractivity (Wildman–Crippen MR) is 107 cm³/mol. The van der Waals surface area contributed by atoms with Crippen molar-refractivity contribution >= 4 is 11.8 Å². The van der Waals surface area contributed by atoms with Crippen molar-refractivity contribution in [2.24, 2.45) is 0 Å². The van der Waals surface area contributed by atoms with Gasteiger partial charge in [0.15, 0.2) is 0 Å². The summed E-state index contributed by atoms with van der Waals surface area (Å²) >= 11 is 0. The third-order valence-corrected chi connectivity index (χ3v) is 4.33. The number of rotatable bonds is 6. The van der Waals surface area contributed by atoms with Crippen LogP contribution in [0.25, 0.3) is 0 Å². The summed E-state index contributed by atoms with van der Waals surface area (Å²) in [6.45, 7) is 0.198. The molecule has 2 amide bonds. The number of hydrogen-bond acceptors (Lipinski definition) is 3. The van der Waals surface area contributed by atoms with Crippen molar-refractivity contribution in [2.45, 2.75) is 19.4 Å². The highest BCUT2D eigenvalue weighted by molar-refractivity contribution is 5.95. The highest BCUT2D eigenvalue weighted by Crippen LogP contribution is 2.05. The van der Waals surface area contributed by atoms with Gasteiger partial charge < -0.3 is 4.57 Å². The molecule has 148 valence electrons. The summed E-state index contributed by atoms with van der Waals surface area (Å²) in [6.07, 6.45) is 2.28. The highest BCUT2D eigenvalue weighted by Gasteiger charge is 2.13. The molecule has 0 fully saturated rings. The first-order valence-corrected chi connectivity index (χ1v) is 9.10. The summed E-state index contributed by atoms with van der Waals surface area (Å²) in [7, 11) is 0. The molecule has 2 aromatic carbocycles. The maximum absolute atomic E-state index is 13.0. The van der Waals surface area contributed by atoms with Crippen molar-refractivity contribution in [3.8, 4) is 0 Å². The molecule has 0 bridgehead atoms. The number of amides is 2. The molecule has 7 heteroatoms. The summed E-state index contributed by atoms with van der Waals surface area (Å²) in [6, 6.07) is 18.2. The lowest BCUT2D eigenvalue weighted by Gasteiger charge is -2.10. The molecular weight excluding hydrogens is 373 g/mol. The number of hydrazine groups is 1. The monoisotopic (exact) mass is 393 g/mol. The molecule has 3 aromatic rings. The van der Waals surface area contributed by atoms with Crippen LogP contribution in [-0.4, -0.2) is 16.4 Å². The van der Waals surface area contributed by atoms with Crippen molar-refractivity contribution in [3.63, 3.8) is 0 Å². The van der Waals surface area contributed by atoms with Crippen LogP contribution in [0.4, 0.5) is 4.39 Å². The zero-order chi connectivity index (χ0) is 20.6. The Morgan fingerprint density at radius 2 is 1.59 bits per heavy atom. The van der Waals surface area contributed by atoms with Crippen LogP contribution in [0.15, 0.2) is 77.7 Å². The molecule has 0 saturated carbocycles. The fourth-order valence-electron chi connectivity index (χ4n) is 2.78. The van der Waals surface area contributed by atoms with Gasteiger partial charge in [0.25, 0.3) is 11.5 Å². The number of aryl methyl sites for hydroxylation is 1. The third kappa shape index (κ3) is 5.62. The van der Waals surface area contributed by atoms with Crippen molar-refractivity contribution < 1.29 is 14.0 Å². The van der Waals surface area contributed by atoms with Crippen molar-refractivity contribution in [2.75, 3.05) is 0 Å². The number of nitrogens with zero attached hydrogens (tertiary/aromatic N) is 1. The van der Waals surface area contributed by atoms with Crippen molar-refractivity contribution in [3.05, 3.63) is 106 Å². The topological polar surface area (TPSA) is 80.2 Å². The quantitative estimate of drug-likeness (QED) is 0.632. The van der Waals surface area contributed by atoms with Gasteiger partial charge in [-0.1, -0.05) is 42.5 Å². The Bertz CT molecular complexity index is 1050. The molecule has 0 unspecified atom stereocenters. The van der Waals surface area contributed by atoms with E-state index in [9.17, 15) is 18.8 Å². The molecule has 3 rings (SSSR count). The van der Waals surface area contributed by atoms with Crippen LogP contribution in [0, 0.1) is 5.82 Å². The van der Waals surface area contributed by atoms with E-state index in [1.165, 1.54) is 22.8 Å². The smallest absolute Gasteiger partial charge is 0.275 e. The van der Waals surface area contributed by atoms with Gasteiger partial charge in [0.1, 0.15) is 11.4 Å². The maximum Gasteiger partial charge on any atom is 0.275 e. The van der Waals surface area contributed by atoms with E-state index in [1.54, 1.807) is 24.4 Å². The second-order valence-corrected chi connectivity index (χ2v) is 6.47. The Morgan fingerprint density at radius 1 is 0.862 bits per heavy atom. The van der Waals surface area contributed by atoms with Crippen LogP contribution in [0.2, 0.25) is 0 Å². The van der Waals surface area contributed by atoms with E-state index >= 15 is 0 Å². The Morgan fingerprint density at radius 3 is 2.31 bits per heavy atom. The van der Waals surface area contributed by atoms with Gasteiger partial charge >= 0.3 is 0 Å². The number of benzene rings is 2. The van der Waals surface area contributed by atoms with Crippen molar-refractivity contribution in [1.29, 1.82) is 0 Å². The van der Waals surface area contributed by atoms with Crippen molar-refractivity contribution in [1.82, 2.24) is 15.4 Å². The van der Waals surface area contributed by atoms with Gasteiger partial charge in [-0.3, -0.25) is 25.2 Å². The van der Waals surface area contributed by atoms with Crippen LogP contribution < -0.4 is 16.4 Å². The lowest BCUT2D eigenvalue weighted by atomic mass is 10.1. The minimum atomic E-state index is -0.698. The van der Waals surface area contributed by atoms with E-state index in [1.807, 2.05) is 30.3 Å². The normalized spacial score (nSPS) is 10.4. The first-order chi connectivity index (χ1) is 14.0. The van der Waals surface area contributed by atoms with E-state index in [0.717, 1.165) is 11.1 Å². The zero-order valence-electron chi connectivity index (χ0n) is 15.6. The Balaban J connectivity index is 1.58. The summed E-state index contributed by atoms with van der Waals surface area (Å²) in [4.78, 5) is 36.8. The van der Waals surface area contributed by atoms with E-state index in [0.29, 0.717) is 6.42 Å². The summed E-state index contributed by atoms with van der Waals surface area (Å²) in [5.41, 5.74) is 5.73. The van der Waals surface area contributed by atoms with Crippen LogP contribution in [0.3, 0.4) is 0 Å². The molecule has 2 N–H and O–H groups in total. The average molecular weight is 393 g/mol. The van der Waals surface area contributed by atoms with Gasteiger partial charge in [-0.15, -0.1) is 0 Å². The molecule has 29 heavy (non-hydrogen) atoms. The predicted octanol–water partition coefficient (Wildman–Crippen LogP) is 2.43. The first-order valence-electron chi connectivity index (χ1n) is 9.10. The second-order valence-electron chi connectivity index (χ2n) is 6.47. The molecule has 0 aliphatic rings. The average Bonchev–Trinajstić information content (AvgIpc) is 2.74. The van der Waals surface area contributed by atoms with Crippen LogP contribution >= 0.6 is 0 Å². The molecule has 0 atom stereocenters. The van der Waals surface area contributed by atoms with E-state index in [2.05, 4.69) is 10.9 Å². The highest BCUT2D eigenvalue weighted by atomic mass is 19.1. The Hall–Kier alpha value is -3.74. The number of hydrogen-bond donors (Lipinski definition) is 2. The summed E-state index contributed by atoms with van der Waals surface area (Å²) in [5, 5.41) is 0. The number of carbonyl (C=O) groups is 2. The molecule has 6 nitrogen and oxygen atoms in total. The van der Waals surface area contributed by atoms with Gasteiger partial charge in [-0.05, 0) is 41.8 Å². The minimum absolute atomic E-state index is 0.0991. The van der Waals surface area contributed by atoms with E-state index in [-0.39, 0.29) is 30.3 Å². The molecule has 1 aromatic heterocycles. The molecule has 0 aliphatic heterocycles. The minimum Gasteiger partial charge on any atom is -0.310 e. The number of carbonyl (C=O) groups excluding carboxylic acids is 2. The number of halogens is 1. The molecule has 0 spiro atoms. The molecule has 0 radical (unpaired) electrons. The fraction of sp³-hybridized carbons (Fsp3) is 0.136. The molecule has 0 aliphatic carbocycles. The lowest BCUT2D eigenvalue weighted by Crippen LogP contribution is -2.44. The second kappa shape index (κ2) is 9.45. The Labute approximate surface area is 167 Å². The van der Waals surface area contributed by atoms with Crippen LogP contribution in [-0.2, 0) is 17.8 Å². The van der Waals surface area contributed by atoms with Crippen LogP contribution in [0.1, 0.15) is 27.9 Å². The molecule has 1 heterocycles. The maximum atomic E-state index is 13.0. The van der Waals surface area contributed by atoms with Crippen LogP contribution in [0.5, 0.6) is 0 Å². The van der Waals surface area contributed by atoms with E-state index < -0.39 is 11.5 Å². The lowest BCUT2D eigenvalue weighted by molar-refractivity contribution is -0.121. The standard InChI is InChI=1S/C22H20FN3O3/c23-18-11-8-17(9-12-18)15-26-14-4-7-19(22(26)29)21(28)25-24-20(27)13-10-16-5-2-1-3-6-16/h1-9,11-12,14H,10,13,15H2,(H,24,27)(H,25,28). The molecule has 0 saturated heterocycles. The SMILES string of the molecule is O=C(CCc1ccccc1)NNC(=O)c1cccn(Cc2ccc(F)cc2)c1=O. The van der Waals surface area contributed by atoms with Gasteiger partial charge in [-0.25, -0.2) is 4.39 Å². The van der Waals surface area contributed by atoms with Gasteiger partial charge in [0.2, 0.25) is 5.91 Å². The van der Waals surface area contributed by atoms with E-state index in [4.69, 9.17) is 0 Å². The third-order valence-electron chi connectivity index (χ3n) is 4.33.